The van der Waals surface area contributed by atoms with E-state index >= 15 is 0 Å². The van der Waals surface area contributed by atoms with Gasteiger partial charge in [0.25, 0.3) is 5.91 Å². The SMILES string of the molecule is CSC1(CNC(=O)c2cncc(Br)c2)CCCC1. The normalized spacial score (nSPS) is 17.7. The molecule has 0 aromatic carbocycles. The summed E-state index contributed by atoms with van der Waals surface area (Å²) in [4.78, 5) is 16.0. The predicted octanol–water partition coefficient (Wildman–Crippen LogP) is 3.25. The molecule has 1 amide bonds. The second-order valence-corrected chi connectivity index (χ2v) is 6.86. The van der Waals surface area contributed by atoms with Crippen molar-refractivity contribution in [1.29, 1.82) is 0 Å². The highest BCUT2D eigenvalue weighted by Crippen LogP contribution is 2.39. The van der Waals surface area contributed by atoms with Crippen LogP contribution in [0.1, 0.15) is 36.0 Å². The molecule has 0 radical (unpaired) electrons. The van der Waals surface area contributed by atoms with E-state index in [1.54, 1.807) is 18.5 Å². The molecular weight excluding hydrogens is 312 g/mol. The van der Waals surface area contributed by atoms with Crippen molar-refractivity contribution >= 4 is 33.6 Å². The molecule has 0 aliphatic heterocycles. The van der Waals surface area contributed by atoms with E-state index in [2.05, 4.69) is 32.5 Å². The van der Waals surface area contributed by atoms with Gasteiger partial charge in [-0.1, -0.05) is 12.8 Å². The molecule has 1 aliphatic rings. The number of aromatic nitrogens is 1. The lowest BCUT2D eigenvalue weighted by molar-refractivity contribution is 0.0949. The molecular formula is C13H17BrN2OS. The largest absolute Gasteiger partial charge is 0.351 e. The number of hydrogen-bond acceptors (Lipinski definition) is 3. The third-order valence-electron chi connectivity index (χ3n) is 3.49. The zero-order valence-electron chi connectivity index (χ0n) is 10.4. The topological polar surface area (TPSA) is 42.0 Å². The van der Waals surface area contributed by atoms with Gasteiger partial charge in [-0.15, -0.1) is 0 Å². The fourth-order valence-electron chi connectivity index (χ4n) is 2.35. The van der Waals surface area contributed by atoms with Crippen molar-refractivity contribution in [1.82, 2.24) is 10.3 Å². The summed E-state index contributed by atoms with van der Waals surface area (Å²) < 4.78 is 1.07. The van der Waals surface area contributed by atoms with Crippen LogP contribution in [0.15, 0.2) is 22.9 Å². The summed E-state index contributed by atoms with van der Waals surface area (Å²) in [5.74, 6) is -0.0378. The van der Waals surface area contributed by atoms with Gasteiger partial charge in [0.2, 0.25) is 0 Å². The quantitative estimate of drug-likeness (QED) is 0.922. The van der Waals surface area contributed by atoms with Gasteiger partial charge in [0.1, 0.15) is 0 Å². The van der Waals surface area contributed by atoms with Gasteiger partial charge in [0, 0.05) is 28.2 Å². The van der Waals surface area contributed by atoms with Crippen molar-refractivity contribution in [2.24, 2.45) is 0 Å². The summed E-state index contributed by atoms with van der Waals surface area (Å²) in [5, 5.41) is 3.04. The standard InChI is InChI=1S/C13H17BrN2OS/c1-18-13(4-2-3-5-13)9-16-12(17)10-6-11(14)8-15-7-10/h6-8H,2-5,9H2,1H3,(H,16,17). The predicted molar refractivity (Wildman–Crippen MR) is 79.0 cm³/mol. The average Bonchev–Trinajstić information content (AvgIpc) is 2.85. The number of halogens is 1. The third kappa shape index (κ3) is 3.26. The smallest absolute Gasteiger partial charge is 0.252 e. The molecule has 0 unspecified atom stereocenters. The number of amides is 1. The lowest BCUT2D eigenvalue weighted by Crippen LogP contribution is -2.38. The van der Waals surface area contributed by atoms with E-state index < -0.39 is 0 Å². The summed E-state index contributed by atoms with van der Waals surface area (Å²) in [6.07, 6.45) is 10.4. The number of rotatable bonds is 4. The second kappa shape index (κ2) is 6.06. The van der Waals surface area contributed by atoms with Crippen LogP contribution in [0, 0.1) is 0 Å². The third-order valence-corrected chi connectivity index (χ3v) is 5.34. The van der Waals surface area contributed by atoms with Gasteiger partial charge >= 0.3 is 0 Å². The lowest BCUT2D eigenvalue weighted by Gasteiger charge is -2.26. The van der Waals surface area contributed by atoms with Crippen LogP contribution in [0.5, 0.6) is 0 Å². The minimum absolute atomic E-state index is 0.0378. The van der Waals surface area contributed by atoms with Gasteiger partial charge < -0.3 is 5.32 Å². The van der Waals surface area contributed by atoms with E-state index in [1.807, 2.05) is 11.8 Å². The van der Waals surface area contributed by atoms with Crippen LogP contribution in [0.4, 0.5) is 0 Å². The van der Waals surface area contributed by atoms with Crippen molar-refractivity contribution in [3.05, 3.63) is 28.5 Å². The number of pyridine rings is 1. The zero-order valence-corrected chi connectivity index (χ0v) is 12.8. The van der Waals surface area contributed by atoms with Crippen LogP contribution in [-0.2, 0) is 0 Å². The Morgan fingerprint density at radius 2 is 2.22 bits per heavy atom. The molecule has 1 aliphatic carbocycles. The highest BCUT2D eigenvalue weighted by atomic mass is 79.9. The Morgan fingerprint density at radius 3 is 2.83 bits per heavy atom. The van der Waals surface area contributed by atoms with E-state index in [-0.39, 0.29) is 10.7 Å². The Kier molecular flexibility index (Phi) is 4.67. The van der Waals surface area contributed by atoms with Gasteiger partial charge in [-0.2, -0.15) is 11.8 Å². The van der Waals surface area contributed by atoms with Gasteiger partial charge in [-0.05, 0) is 41.1 Å². The molecule has 1 saturated carbocycles. The minimum atomic E-state index is -0.0378. The van der Waals surface area contributed by atoms with Crippen molar-refractivity contribution < 1.29 is 4.79 Å². The fourth-order valence-corrected chi connectivity index (χ4v) is 3.63. The Bertz CT molecular complexity index is 433. The number of carbonyl (C=O) groups excluding carboxylic acids is 1. The van der Waals surface area contributed by atoms with Crippen LogP contribution < -0.4 is 5.32 Å². The first kappa shape index (κ1) is 13.9. The van der Waals surface area contributed by atoms with E-state index in [1.165, 1.54) is 25.7 Å². The van der Waals surface area contributed by atoms with E-state index in [0.29, 0.717) is 5.56 Å². The molecule has 0 spiro atoms. The summed E-state index contributed by atoms with van der Waals surface area (Å²) in [6.45, 7) is 0.750. The van der Waals surface area contributed by atoms with Crippen LogP contribution >= 0.6 is 27.7 Å². The molecule has 0 saturated heterocycles. The summed E-state index contributed by atoms with van der Waals surface area (Å²) in [7, 11) is 0. The highest BCUT2D eigenvalue weighted by molar-refractivity contribution is 9.10. The minimum Gasteiger partial charge on any atom is -0.351 e. The van der Waals surface area contributed by atoms with E-state index in [0.717, 1.165) is 11.0 Å². The lowest BCUT2D eigenvalue weighted by atomic mass is 10.1. The molecule has 1 heterocycles. The van der Waals surface area contributed by atoms with Crippen molar-refractivity contribution in [3.8, 4) is 0 Å². The Morgan fingerprint density at radius 1 is 1.50 bits per heavy atom. The number of thioether (sulfide) groups is 1. The molecule has 0 bridgehead atoms. The molecule has 18 heavy (non-hydrogen) atoms. The Hall–Kier alpha value is -0.550. The molecule has 1 aromatic heterocycles. The molecule has 1 N–H and O–H groups in total. The van der Waals surface area contributed by atoms with Gasteiger partial charge in [-0.25, -0.2) is 0 Å². The van der Waals surface area contributed by atoms with Gasteiger partial charge in [0.05, 0.1) is 5.56 Å². The van der Waals surface area contributed by atoms with E-state index in [4.69, 9.17) is 0 Å². The average molecular weight is 329 g/mol. The first-order chi connectivity index (χ1) is 8.65. The maximum atomic E-state index is 12.0. The molecule has 98 valence electrons. The Labute approximate surface area is 120 Å². The summed E-state index contributed by atoms with van der Waals surface area (Å²) in [5.41, 5.74) is 0.610. The van der Waals surface area contributed by atoms with Crippen LogP contribution in [0.25, 0.3) is 0 Å². The molecule has 0 atom stereocenters. The maximum absolute atomic E-state index is 12.0. The summed E-state index contributed by atoms with van der Waals surface area (Å²) >= 11 is 5.21. The highest BCUT2D eigenvalue weighted by Gasteiger charge is 2.33. The number of hydrogen-bond donors (Lipinski definition) is 1. The molecule has 2 rings (SSSR count). The fraction of sp³-hybridized carbons (Fsp3) is 0.538. The van der Waals surface area contributed by atoms with E-state index in [9.17, 15) is 4.79 Å². The second-order valence-electron chi connectivity index (χ2n) is 4.67. The van der Waals surface area contributed by atoms with Crippen molar-refractivity contribution in [2.75, 3.05) is 12.8 Å². The Balaban J connectivity index is 1.96. The first-order valence-corrected chi connectivity index (χ1v) is 8.11. The number of nitrogens with one attached hydrogen (secondary N) is 1. The summed E-state index contributed by atoms with van der Waals surface area (Å²) in [6, 6.07) is 1.79. The monoisotopic (exact) mass is 328 g/mol. The zero-order chi connectivity index (χ0) is 13.0. The van der Waals surface area contributed by atoms with Crippen molar-refractivity contribution in [2.45, 2.75) is 30.4 Å². The maximum Gasteiger partial charge on any atom is 0.252 e. The molecule has 1 fully saturated rings. The van der Waals surface area contributed by atoms with Gasteiger partial charge in [-0.3, -0.25) is 9.78 Å². The van der Waals surface area contributed by atoms with Crippen molar-refractivity contribution in [3.63, 3.8) is 0 Å². The molecule has 3 nitrogen and oxygen atoms in total. The van der Waals surface area contributed by atoms with Crippen LogP contribution in [0.2, 0.25) is 0 Å². The first-order valence-electron chi connectivity index (χ1n) is 6.09. The molecule has 1 aromatic rings. The van der Waals surface area contributed by atoms with Crippen LogP contribution in [0.3, 0.4) is 0 Å². The number of nitrogens with zero attached hydrogens (tertiary/aromatic N) is 1. The number of carbonyl (C=O) groups is 1. The van der Waals surface area contributed by atoms with Gasteiger partial charge in [0.15, 0.2) is 0 Å². The van der Waals surface area contributed by atoms with Crippen LogP contribution in [-0.4, -0.2) is 28.4 Å². The molecule has 5 heteroatoms.